The summed E-state index contributed by atoms with van der Waals surface area (Å²) in [5.41, 5.74) is 2.69. The first-order valence-electron chi connectivity index (χ1n) is 7.58. The third kappa shape index (κ3) is 4.41. The van der Waals surface area contributed by atoms with E-state index in [2.05, 4.69) is 35.7 Å². The number of quaternary nitrogens is 1. The van der Waals surface area contributed by atoms with Crippen LogP contribution >= 0.6 is 0 Å². The predicted molar refractivity (Wildman–Crippen MR) is 84.1 cm³/mol. The van der Waals surface area contributed by atoms with E-state index in [0.29, 0.717) is 13.2 Å². The van der Waals surface area contributed by atoms with Crippen molar-refractivity contribution in [2.45, 2.75) is 19.4 Å². The topological polar surface area (TPSA) is 42.8 Å². The van der Waals surface area contributed by atoms with Crippen molar-refractivity contribution in [3.63, 3.8) is 0 Å². The molecule has 0 bridgehead atoms. The second-order valence-electron chi connectivity index (χ2n) is 5.46. The van der Waals surface area contributed by atoms with Gasteiger partial charge >= 0.3 is 0 Å². The number of rotatable bonds is 6. The van der Waals surface area contributed by atoms with Gasteiger partial charge in [0.1, 0.15) is 0 Å². The van der Waals surface area contributed by atoms with E-state index in [0.717, 1.165) is 19.5 Å². The number of hydrogen-bond acceptors (Lipinski definition) is 2. The number of ether oxygens (including phenoxy) is 1. The summed E-state index contributed by atoms with van der Waals surface area (Å²) in [6.45, 7) is 5.05. The van der Waals surface area contributed by atoms with E-state index >= 15 is 0 Å². The summed E-state index contributed by atoms with van der Waals surface area (Å²) in [7, 11) is 1.64. The standard InChI is InChI=1S/C17H24N2O2/c1-14(17(20)18-10-13-21-2)19-11-8-16(9-12-19)15-6-4-3-5-7-15/h3-8,14H,9-13H2,1-2H3,(H,18,20)/p+1/t14-/m0/s1. The van der Waals surface area contributed by atoms with Crippen LogP contribution in [0.5, 0.6) is 0 Å². The van der Waals surface area contributed by atoms with Gasteiger partial charge in [-0.2, -0.15) is 0 Å². The molecule has 2 N–H and O–H groups in total. The van der Waals surface area contributed by atoms with Crippen LogP contribution in [0.1, 0.15) is 18.9 Å². The van der Waals surface area contributed by atoms with Crippen LogP contribution in [0.25, 0.3) is 5.57 Å². The van der Waals surface area contributed by atoms with Gasteiger partial charge in [0.15, 0.2) is 6.04 Å². The lowest BCUT2D eigenvalue weighted by Gasteiger charge is -2.28. The van der Waals surface area contributed by atoms with Gasteiger partial charge in [-0.3, -0.25) is 4.79 Å². The summed E-state index contributed by atoms with van der Waals surface area (Å²) in [6, 6.07) is 10.5. The largest absolute Gasteiger partial charge is 0.383 e. The molecule has 4 nitrogen and oxygen atoms in total. The summed E-state index contributed by atoms with van der Waals surface area (Å²) >= 11 is 0. The van der Waals surface area contributed by atoms with E-state index < -0.39 is 0 Å². The van der Waals surface area contributed by atoms with Crippen LogP contribution in [0.15, 0.2) is 36.4 Å². The molecule has 1 aliphatic rings. The minimum absolute atomic E-state index is 0.0181. The van der Waals surface area contributed by atoms with Crippen molar-refractivity contribution in [1.82, 2.24) is 5.32 Å². The van der Waals surface area contributed by atoms with Crippen molar-refractivity contribution in [2.24, 2.45) is 0 Å². The fourth-order valence-corrected chi connectivity index (χ4v) is 2.68. The van der Waals surface area contributed by atoms with Gasteiger partial charge in [-0.05, 0) is 24.1 Å². The first kappa shape index (κ1) is 15.7. The Kier molecular flexibility index (Phi) is 5.96. The van der Waals surface area contributed by atoms with Gasteiger partial charge in [-0.15, -0.1) is 0 Å². The van der Waals surface area contributed by atoms with Gasteiger partial charge in [-0.1, -0.05) is 30.3 Å². The minimum Gasteiger partial charge on any atom is -0.383 e. The first-order valence-corrected chi connectivity index (χ1v) is 7.58. The molecule has 0 fully saturated rings. The Morgan fingerprint density at radius 1 is 1.38 bits per heavy atom. The van der Waals surface area contributed by atoms with Gasteiger partial charge in [0.2, 0.25) is 0 Å². The van der Waals surface area contributed by atoms with Crippen LogP contribution in [-0.2, 0) is 9.53 Å². The molecule has 1 aromatic rings. The monoisotopic (exact) mass is 289 g/mol. The van der Waals surface area contributed by atoms with Crippen molar-refractivity contribution < 1.29 is 14.4 Å². The van der Waals surface area contributed by atoms with E-state index in [9.17, 15) is 4.79 Å². The Labute approximate surface area is 126 Å². The smallest absolute Gasteiger partial charge is 0.278 e. The van der Waals surface area contributed by atoms with E-state index in [1.165, 1.54) is 16.0 Å². The Morgan fingerprint density at radius 3 is 2.76 bits per heavy atom. The second-order valence-corrected chi connectivity index (χ2v) is 5.46. The van der Waals surface area contributed by atoms with Gasteiger partial charge in [-0.25, -0.2) is 0 Å². The van der Waals surface area contributed by atoms with Crippen LogP contribution in [0, 0.1) is 0 Å². The van der Waals surface area contributed by atoms with Crippen molar-refractivity contribution in [1.29, 1.82) is 0 Å². The molecule has 1 heterocycles. The highest BCUT2D eigenvalue weighted by molar-refractivity contribution is 5.80. The molecule has 1 amide bonds. The maximum Gasteiger partial charge on any atom is 0.278 e. The van der Waals surface area contributed by atoms with E-state index in [4.69, 9.17) is 4.74 Å². The highest BCUT2D eigenvalue weighted by Crippen LogP contribution is 2.17. The predicted octanol–water partition coefficient (Wildman–Crippen LogP) is 0.510. The fourth-order valence-electron chi connectivity index (χ4n) is 2.68. The van der Waals surface area contributed by atoms with Crippen LogP contribution in [0.2, 0.25) is 0 Å². The number of nitrogens with one attached hydrogen (secondary N) is 2. The van der Waals surface area contributed by atoms with Crippen LogP contribution in [0.4, 0.5) is 0 Å². The van der Waals surface area contributed by atoms with Crippen LogP contribution < -0.4 is 10.2 Å². The van der Waals surface area contributed by atoms with Gasteiger partial charge in [0.05, 0.1) is 19.7 Å². The molecular formula is C17H25N2O2+. The van der Waals surface area contributed by atoms with Crippen LogP contribution in [-0.4, -0.2) is 45.3 Å². The fraction of sp³-hybridized carbons (Fsp3) is 0.471. The van der Waals surface area contributed by atoms with Gasteiger partial charge in [0, 0.05) is 20.1 Å². The number of benzene rings is 1. The highest BCUT2D eigenvalue weighted by atomic mass is 16.5. The average molecular weight is 289 g/mol. The molecule has 0 aromatic heterocycles. The molecule has 0 saturated heterocycles. The molecule has 0 radical (unpaired) electrons. The molecule has 1 unspecified atom stereocenters. The lowest BCUT2D eigenvalue weighted by atomic mass is 9.99. The number of methoxy groups -OCH3 is 1. The van der Waals surface area contributed by atoms with Gasteiger partial charge in [0.25, 0.3) is 5.91 Å². The molecule has 0 aliphatic carbocycles. The quantitative estimate of drug-likeness (QED) is 0.750. The molecule has 0 spiro atoms. The zero-order valence-corrected chi connectivity index (χ0v) is 12.9. The molecule has 0 saturated carbocycles. The Hall–Kier alpha value is -1.65. The number of amides is 1. The maximum absolute atomic E-state index is 12.1. The molecule has 1 aliphatic heterocycles. The number of hydrogen-bond donors (Lipinski definition) is 2. The third-order valence-corrected chi connectivity index (χ3v) is 4.08. The Balaban J connectivity index is 1.88. The maximum atomic E-state index is 12.1. The number of carbonyl (C=O) groups is 1. The molecule has 4 heteroatoms. The zero-order chi connectivity index (χ0) is 15.1. The number of carbonyl (C=O) groups excluding carboxylic acids is 1. The SMILES string of the molecule is COCCNC(=O)[C@H](C)[NH+]1CC=C(c2ccccc2)CC1. The minimum atomic E-state index is -0.0181. The highest BCUT2D eigenvalue weighted by Gasteiger charge is 2.26. The van der Waals surface area contributed by atoms with E-state index in [1.807, 2.05) is 13.0 Å². The zero-order valence-electron chi connectivity index (χ0n) is 12.9. The Morgan fingerprint density at radius 2 is 2.14 bits per heavy atom. The van der Waals surface area contributed by atoms with Crippen molar-refractivity contribution in [3.05, 3.63) is 42.0 Å². The first-order chi connectivity index (χ1) is 10.2. The molecular weight excluding hydrogens is 264 g/mol. The summed E-state index contributed by atoms with van der Waals surface area (Å²) in [5.74, 6) is 0.110. The van der Waals surface area contributed by atoms with Crippen molar-refractivity contribution in [3.8, 4) is 0 Å². The Bertz CT molecular complexity index is 485. The third-order valence-electron chi connectivity index (χ3n) is 4.08. The summed E-state index contributed by atoms with van der Waals surface area (Å²) in [4.78, 5) is 13.4. The molecule has 1 aromatic carbocycles. The van der Waals surface area contributed by atoms with Gasteiger partial charge < -0.3 is 15.0 Å². The second kappa shape index (κ2) is 7.96. The lowest BCUT2D eigenvalue weighted by Crippen LogP contribution is -3.17. The molecule has 21 heavy (non-hydrogen) atoms. The van der Waals surface area contributed by atoms with E-state index in [1.54, 1.807) is 7.11 Å². The summed E-state index contributed by atoms with van der Waals surface area (Å²) in [6.07, 6.45) is 3.29. The normalized spacial score (nSPS) is 19.7. The van der Waals surface area contributed by atoms with E-state index in [-0.39, 0.29) is 11.9 Å². The van der Waals surface area contributed by atoms with Crippen molar-refractivity contribution in [2.75, 3.05) is 33.4 Å². The lowest BCUT2D eigenvalue weighted by molar-refractivity contribution is -0.909. The summed E-state index contributed by atoms with van der Waals surface area (Å²) in [5, 5.41) is 2.92. The van der Waals surface area contributed by atoms with Crippen molar-refractivity contribution >= 4 is 11.5 Å². The van der Waals surface area contributed by atoms with Crippen LogP contribution in [0.3, 0.4) is 0 Å². The summed E-state index contributed by atoms with van der Waals surface area (Å²) < 4.78 is 4.95. The molecule has 114 valence electrons. The molecule has 2 atom stereocenters. The average Bonchev–Trinajstić information content (AvgIpc) is 2.55. The molecule has 2 rings (SSSR count).